The van der Waals surface area contributed by atoms with Crippen molar-refractivity contribution in [3.63, 3.8) is 0 Å². The molecule has 7 rings (SSSR count). The van der Waals surface area contributed by atoms with Crippen molar-refractivity contribution in [3.05, 3.63) is 39.7 Å². The van der Waals surface area contributed by atoms with E-state index in [0.29, 0.717) is 30.3 Å². The zero-order valence-electron chi connectivity index (χ0n) is 22.6. The number of aromatic nitrogens is 4. The van der Waals surface area contributed by atoms with Crippen LogP contribution in [0.15, 0.2) is 12.5 Å². The molecule has 6 heterocycles. The predicted molar refractivity (Wildman–Crippen MR) is 152 cm³/mol. The van der Waals surface area contributed by atoms with Crippen molar-refractivity contribution in [2.45, 2.75) is 71.8 Å². The Hall–Kier alpha value is -2.23. The quantitative estimate of drug-likeness (QED) is 0.345. The molecule has 0 aromatic carbocycles. The molecule has 0 unspecified atom stereocenters. The number of piperidine rings is 2. The van der Waals surface area contributed by atoms with Crippen LogP contribution in [0.2, 0.25) is 0 Å². The van der Waals surface area contributed by atoms with Crippen molar-refractivity contribution in [1.29, 1.82) is 0 Å². The van der Waals surface area contributed by atoms with Crippen LogP contribution in [0.1, 0.15) is 72.1 Å². The fourth-order valence-electron chi connectivity index (χ4n) is 6.94. The van der Waals surface area contributed by atoms with Gasteiger partial charge in [-0.05, 0) is 80.0 Å². The van der Waals surface area contributed by atoms with E-state index in [1.807, 2.05) is 15.9 Å². The number of rotatable bonds is 6. The maximum Gasteiger partial charge on any atom is 0.158 e. The maximum absolute atomic E-state index is 11.8. The van der Waals surface area contributed by atoms with Gasteiger partial charge in [0.15, 0.2) is 5.65 Å². The number of nitrogens with one attached hydrogen (secondary N) is 1. The van der Waals surface area contributed by atoms with E-state index in [4.69, 9.17) is 0 Å². The number of fused-ring (bicyclic) bond motifs is 5. The van der Waals surface area contributed by atoms with Crippen LogP contribution in [0.5, 0.6) is 0 Å². The molecule has 2 aliphatic heterocycles. The molecule has 0 amide bonds. The summed E-state index contributed by atoms with van der Waals surface area (Å²) in [5.74, 6) is 1.82. The second-order valence-electron chi connectivity index (χ2n) is 11.6. The third-order valence-electron chi connectivity index (χ3n) is 8.97. The van der Waals surface area contributed by atoms with Crippen LogP contribution >= 0.6 is 11.3 Å². The lowest BCUT2D eigenvalue weighted by atomic mass is 9.70. The summed E-state index contributed by atoms with van der Waals surface area (Å²) in [4.78, 5) is 13.6. The van der Waals surface area contributed by atoms with Crippen molar-refractivity contribution in [3.8, 4) is 11.3 Å². The maximum atomic E-state index is 11.8. The van der Waals surface area contributed by atoms with Crippen LogP contribution in [0.25, 0.3) is 27.1 Å². The summed E-state index contributed by atoms with van der Waals surface area (Å²) in [6.45, 7) is 12.9. The lowest BCUT2D eigenvalue weighted by Gasteiger charge is -2.49. The number of nitrogens with zero attached hydrogens (tertiary/aromatic N) is 4. The fraction of sp³-hybridized carbons (Fsp3) is 0.571. The largest absolute Gasteiger partial charge is 0.346 e. The Labute approximate surface area is 223 Å². The van der Waals surface area contributed by atoms with Gasteiger partial charge in [0.25, 0.3) is 0 Å². The van der Waals surface area contributed by atoms with Crippen molar-refractivity contribution in [2.24, 2.45) is 5.92 Å². The van der Waals surface area contributed by atoms with Crippen LogP contribution < -0.4 is 0 Å². The van der Waals surface area contributed by atoms with Gasteiger partial charge in [0, 0.05) is 47.4 Å². The Morgan fingerprint density at radius 2 is 1.95 bits per heavy atom. The van der Waals surface area contributed by atoms with Gasteiger partial charge in [-0.1, -0.05) is 13.8 Å². The van der Waals surface area contributed by atoms with Gasteiger partial charge in [-0.15, -0.1) is 11.3 Å². The molecular weight excluding hydrogens is 502 g/mol. The van der Waals surface area contributed by atoms with E-state index in [-0.39, 0.29) is 5.75 Å². The minimum atomic E-state index is -2.93. The summed E-state index contributed by atoms with van der Waals surface area (Å²) >= 11 is 1.95. The summed E-state index contributed by atoms with van der Waals surface area (Å²) < 4.78 is 25.4. The summed E-state index contributed by atoms with van der Waals surface area (Å²) in [6, 6.07) is 0.497. The number of thiophene rings is 1. The van der Waals surface area contributed by atoms with Crippen LogP contribution in [-0.2, 0) is 9.84 Å². The lowest BCUT2D eigenvalue weighted by Crippen LogP contribution is -2.52. The first-order chi connectivity index (χ1) is 17.5. The Morgan fingerprint density at radius 3 is 2.62 bits per heavy atom. The highest BCUT2D eigenvalue weighted by atomic mass is 32.2. The van der Waals surface area contributed by atoms with Gasteiger partial charge < -0.3 is 4.98 Å². The SMILES string of the molecule is Cc1c(-c2[nH]c3sc([C@H]4C[C@@H]5CC[C@H]4CN5CCS(C)(=O)=O)c(C)c3c2C(C)C)cn2ncnc2c1C. The third-order valence-corrected chi connectivity index (χ3v) is 11.2. The smallest absolute Gasteiger partial charge is 0.158 e. The summed E-state index contributed by atoms with van der Waals surface area (Å²) in [6.07, 6.45) is 8.67. The average molecular weight is 540 g/mol. The van der Waals surface area contributed by atoms with Gasteiger partial charge in [-0.2, -0.15) is 5.10 Å². The minimum absolute atomic E-state index is 0.266. The predicted octanol–water partition coefficient (Wildman–Crippen LogP) is 5.60. The normalized spacial score (nSPS) is 22.7. The van der Waals surface area contributed by atoms with Crippen molar-refractivity contribution in [2.75, 3.05) is 25.1 Å². The van der Waals surface area contributed by atoms with E-state index in [0.717, 1.165) is 18.6 Å². The van der Waals surface area contributed by atoms with Crippen molar-refractivity contribution < 1.29 is 8.42 Å². The molecule has 0 radical (unpaired) electrons. The molecule has 37 heavy (non-hydrogen) atoms. The molecular formula is C28H37N5O2S2. The Morgan fingerprint density at radius 1 is 1.16 bits per heavy atom. The number of H-pyrrole nitrogens is 1. The monoisotopic (exact) mass is 539 g/mol. The summed E-state index contributed by atoms with van der Waals surface area (Å²) in [7, 11) is -2.93. The standard InChI is InChI=1S/C28H37N5O2S2/c1-15(2)23-24-18(5)26(21-11-20-8-7-19(21)12-32(20)9-10-37(6,34)35)36-28(24)31-25(23)22-13-33-27(29-14-30-33)17(4)16(22)3/h13-15,19-21,31H,7-12H2,1-6H3/t19-,20-,21-/m0/s1. The van der Waals surface area contributed by atoms with Gasteiger partial charge in [-0.25, -0.2) is 17.9 Å². The van der Waals surface area contributed by atoms with Gasteiger partial charge in [0.05, 0.1) is 11.4 Å². The number of aryl methyl sites for hydroxylation is 2. The molecule has 9 heteroatoms. The molecule has 1 saturated carbocycles. The first kappa shape index (κ1) is 25.1. The molecule has 0 spiro atoms. The zero-order valence-corrected chi connectivity index (χ0v) is 24.3. The van der Waals surface area contributed by atoms with Crippen LogP contribution in [0.3, 0.4) is 0 Å². The topological polar surface area (TPSA) is 83.4 Å². The molecule has 2 saturated heterocycles. The highest BCUT2D eigenvalue weighted by molar-refractivity contribution is 7.90. The molecule has 2 bridgehead atoms. The van der Waals surface area contributed by atoms with E-state index in [1.54, 1.807) is 6.33 Å². The van der Waals surface area contributed by atoms with Crippen LogP contribution in [0, 0.1) is 26.7 Å². The molecule has 3 aliphatic rings. The van der Waals surface area contributed by atoms with E-state index in [1.165, 1.54) is 67.7 Å². The Balaban J connectivity index is 1.38. The molecule has 4 aromatic rings. The Kier molecular flexibility index (Phi) is 6.04. The minimum Gasteiger partial charge on any atom is -0.346 e. The first-order valence-electron chi connectivity index (χ1n) is 13.4. The molecule has 1 aliphatic carbocycles. The molecule has 1 N–H and O–H groups in total. The summed E-state index contributed by atoms with van der Waals surface area (Å²) in [5.41, 5.74) is 8.56. The first-order valence-corrected chi connectivity index (χ1v) is 16.3. The number of pyridine rings is 1. The highest BCUT2D eigenvalue weighted by Crippen LogP contribution is 2.51. The second-order valence-corrected chi connectivity index (χ2v) is 15.0. The third kappa shape index (κ3) is 4.14. The number of sulfone groups is 1. The fourth-order valence-corrected chi connectivity index (χ4v) is 8.94. The average Bonchev–Trinajstić information content (AvgIpc) is 3.54. The number of hydrogen-bond donors (Lipinski definition) is 1. The van der Waals surface area contributed by atoms with Gasteiger partial charge in [0.2, 0.25) is 0 Å². The zero-order chi connectivity index (χ0) is 26.2. The Bertz CT molecular complexity index is 1610. The molecule has 3 atom stereocenters. The molecule has 3 fully saturated rings. The lowest BCUT2D eigenvalue weighted by molar-refractivity contribution is 0.0377. The molecule has 198 valence electrons. The van der Waals surface area contributed by atoms with Crippen molar-refractivity contribution >= 4 is 37.0 Å². The van der Waals surface area contributed by atoms with Crippen LogP contribution in [0.4, 0.5) is 0 Å². The van der Waals surface area contributed by atoms with Gasteiger partial charge in [-0.3, -0.25) is 4.90 Å². The van der Waals surface area contributed by atoms with E-state index >= 15 is 0 Å². The van der Waals surface area contributed by atoms with Gasteiger partial charge in [0.1, 0.15) is 21.0 Å². The second kappa shape index (κ2) is 8.92. The number of hydrogen-bond acceptors (Lipinski definition) is 6. The van der Waals surface area contributed by atoms with Crippen molar-refractivity contribution in [1.82, 2.24) is 24.5 Å². The van der Waals surface area contributed by atoms with Gasteiger partial charge >= 0.3 is 0 Å². The number of aromatic amines is 1. The van der Waals surface area contributed by atoms with Crippen LogP contribution in [-0.4, -0.2) is 64.0 Å². The summed E-state index contributed by atoms with van der Waals surface area (Å²) in [5, 5.41) is 5.83. The highest BCUT2D eigenvalue weighted by Gasteiger charge is 2.42. The molecule has 7 nitrogen and oxygen atoms in total. The van der Waals surface area contributed by atoms with E-state index < -0.39 is 9.84 Å². The molecule has 4 aromatic heterocycles. The van der Waals surface area contributed by atoms with E-state index in [2.05, 4.69) is 60.8 Å². The van der Waals surface area contributed by atoms with E-state index in [9.17, 15) is 8.42 Å².